The summed E-state index contributed by atoms with van der Waals surface area (Å²) in [4.78, 5) is 2.55. The molecular formula is C13H22N2O. The molecule has 3 nitrogen and oxygen atoms in total. The number of aryl methyl sites for hydroxylation is 1. The molecule has 0 spiro atoms. The van der Waals surface area contributed by atoms with E-state index in [1.165, 1.54) is 38.9 Å². The van der Waals surface area contributed by atoms with E-state index in [2.05, 4.69) is 10.2 Å². The van der Waals surface area contributed by atoms with E-state index in [1.54, 1.807) is 0 Å². The molecule has 0 atom stereocenters. The van der Waals surface area contributed by atoms with Crippen molar-refractivity contribution in [2.75, 3.05) is 26.2 Å². The van der Waals surface area contributed by atoms with Crippen molar-refractivity contribution in [2.24, 2.45) is 0 Å². The summed E-state index contributed by atoms with van der Waals surface area (Å²) in [6.45, 7) is 7.61. The van der Waals surface area contributed by atoms with Crippen LogP contribution in [-0.4, -0.2) is 31.1 Å². The van der Waals surface area contributed by atoms with Crippen molar-refractivity contribution in [1.82, 2.24) is 10.2 Å². The van der Waals surface area contributed by atoms with E-state index in [9.17, 15) is 0 Å². The van der Waals surface area contributed by atoms with Crippen LogP contribution in [0.3, 0.4) is 0 Å². The molecule has 0 aliphatic carbocycles. The van der Waals surface area contributed by atoms with Crippen LogP contribution in [0.1, 0.15) is 30.8 Å². The molecule has 0 bridgehead atoms. The largest absolute Gasteiger partial charge is 0.465 e. The van der Waals surface area contributed by atoms with E-state index in [0.717, 1.165) is 24.6 Å². The van der Waals surface area contributed by atoms with Crippen molar-refractivity contribution < 1.29 is 4.42 Å². The molecule has 90 valence electrons. The quantitative estimate of drug-likeness (QED) is 0.774. The van der Waals surface area contributed by atoms with Crippen LogP contribution < -0.4 is 5.32 Å². The van der Waals surface area contributed by atoms with E-state index in [0.29, 0.717) is 0 Å². The van der Waals surface area contributed by atoms with Gasteiger partial charge in [0.15, 0.2) is 0 Å². The lowest BCUT2D eigenvalue weighted by atomic mass is 10.1. The van der Waals surface area contributed by atoms with Gasteiger partial charge in [-0.3, -0.25) is 0 Å². The summed E-state index contributed by atoms with van der Waals surface area (Å²) in [7, 11) is 0. The number of furan rings is 1. The van der Waals surface area contributed by atoms with Crippen LogP contribution in [-0.2, 0) is 6.54 Å². The molecule has 0 radical (unpaired) electrons. The average molecular weight is 222 g/mol. The van der Waals surface area contributed by atoms with E-state index in [4.69, 9.17) is 4.42 Å². The first-order valence-electron chi connectivity index (χ1n) is 6.33. The fourth-order valence-electron chi connectivity index (χ4n) is 2.21. The molecule has 3 heteroatoms. The lowest BCUT2D eigenvalue weighted by molar-refractivity contribution is 0.228. The Balaban J connectivity index is 1.57. The first-order valence-corrected chi connectivity index (χ1v) is 6.33. The fourth-order valence-corrected chi connectivity index (χ4v) is 2.21. The molecule has 1 aromatic rings. The number of piperidine rings is 1. The van der Waals surface area contributed by atoms with Crippen molar-refractivity contribution in [3.05, 3.63) is 23.7 Å². The maximum absolute atomic E-state index is 5.50. The molecular weight excluding hydrogens is 200 g/mol. The molecule has 1 aliphatic rings. The summed E-state index contributed by atoms with van der Waals surface area (Å²) in [5.74, 6) is 2.03. The third-order valence-electron chi connectivity index (χ3n) is 3.15. The zero-order valence-corrected chi connectivity index (χ0v) is 10.2. The molecule has 1 N–H and O–H groups in total. The highest BCUT2D eigenvalue weighted by Gasteiger charge is 2.08. The molecule has 16 heavy (non-hydrogen) atoms. The minimum Gasteiger partial charge on any atom is -0.465 e. The Bertz CT molecular complexity index is 303. The Morgan fingerprint density at radius 2 is 2.06 bits per heavy atom. The van der Waals surface area contributed by atoms with Crippen LogP contribution in [0, 0.1) is 6.92 Å². The maximum atomic E-state index is 5.50. The summed E-state index contributed by atoms with van der Waals surface area (Å²) in [6.07, 6.45) is 4.16. The third kappa shape index (κ3) is 3.65. The molecule has 1 aliphatic heterocycles. The molecule has 0 saturated carbocycles. The van der Waals surface area contributed by atoms with Crippen LogP contribution >= 0.6 is 0 Å². The minimum atomic E-state index is 0.849. The number of nitrogens with one attached hydrogen (secondary N) is 1. The standard InChI is InChI=1S/C13H22N2O/c1-12-5-6-13(16-12)11-14-7-10-15-8-3-2-4-9-15/h5-6,14H,2-4,7-11H2,1H3. The second-order valence-electron chi connectivity index (χ2n) is 4.59. The summed E-state index contributed by atoms with van der Waals surface area (Å²) in [5.41, 5.74) is 0. The van der Waals surface area contributed by atoms with Crippen LogP contribution in [0.15, 0.2) is 16.5 Å². The molecule has 0 aromatic carbocycles. The van der Waals surface area contributed by atoms with Crippen molar-refractivity contribution in [3.63, 3.8) is 0 Å². The molecule has 2 heterocycles. The van der Waals surface area contributed by atoms with Crippen LogP contribution in [0.4, 0.5) is 0 Å². The van der Waals surface area contributed by atoms with E-state index >= 15 is 0 Å². The normalized spacial score (nSPS) is 17.8. The first-order chi connectivity index (χ1) is 7.84. The molecule has 2 rings (SSSR count). The van der Waals surface area contributed by atoms with Crippen molar-refractivity contribution in [2.45, 2.75) is 32.7 Å². The van der Waals surface area contributed by atoms with E-state index in [1.807, 2.05) is 19.1 Å². The highest BCUT2D eigenvalue weighted by molar-refractivity contribution is 5.05. The Morgan fingerprint density at radius 3 is 2.75 bits per heavy atom. The van der Waals surface area contributed by atoms with E-state index < -0.39 is 0 Å². The molecule has 1 fully saturated rings. The van der Waals surface area contributed by atoms with Crippen molar-refractivity contribution >= 4 is 0 Å². The van der Waals surface area contributed by atoms with Gasteiger partial charge in [0.25, 0.3) is 0 Å². The zero-order chi connectivity index (χ0) is 11.2. The van der Waals surface area contributed by atoms with Gasteiger partial charge in [0.2, 0.25) is 0 Å². The summed E-state index contributed by atoms with van der Waals surface area (Å²) >= 11 is 0. The van der Waals surface area contributed by atoms with Gasteiger partial charge < -0.3 is 14.6 Å². The van der Waals surface area contributed by atoms with Gasteiger partial charge in [-0.05, 0) is 45.0 Å². The highest BCUT2D eigenvalue weighted by atomic mass is 16.3. The summed E-state index contributed by atoms with van der Waals surface area (Å²) in [5, 5.41) is 3.43. The highest BCUT2D eigenvalue weighted by Crippen LogP contribution is 2.08. The number of nitrogens with zero attached hydrogens (tertiary/aromatic N) is 1. The zero-order valence-electron chi connectivity index (χ0n) is 10.2. The average Bonchev–Trinajstić information content (AvgIpc) is 2.72. The Morgan fingerprint density at radius 1 is 1.25 bits per heavy atom. The second-order valence-corrected chi connectivity index (χ2v) is 4.59. The van der Waals surface area contributed by atoms with Gasteiger partial charge in [0.1, 0.15) is 11.5 Å². The number of hydrogen-bond acceptors (Lipinski definition) is 3. The predicted molar refractivity (Wildman–Crippen MR) is 65.4 cm³/mol. The van der Waals surface area contributed by atoms with Crippen LogP contribution in [0.2, 0.25) is 0 Å². The van der Waals surface area contributed by atoms with Gasteiger partial charge >= 0.3 is 0 Å². The SMILES string of the molecule is Cc1ccc(CNCCN2CCCCC2)o1. The van der Waals surface area contributed by atoms with Gasteiger partial charge in [-0.15, -0.1) is 0 Å². The molecule has 0 amide bonds. The summed E-state index contributed by atoms with van der Waals surface area (Å²) < 4.78 is 5.50. The van der Waals surface area contributed by atoms with Gasteiger partial charge in [-0.25, -0.2) is 0 Å². The monoisotopic (exact) mass is 222 g/mol. The smallest absolute Gasteiger partial charge is 0.117 e. The Hall–Kier alpha value is -0.800. The first kappa shape index (κ1) is 11.7. The van der Waals surface area contributed by atoms with Gasteiger partial charge in [-0.2, -0.15) is 0 Å². The van der Waals surface area contributed by atoms with Gasteiger partial charge in [0, 0.05) is 13.1 Å². The third-order valence-corrected chi connectivity index (χ3v) is 3.15. The summed E-state index contributed by atoms with van der Waals surface area (Å²) in [6, 6.07) is 4.06. The predicted octanol–water partition coefficient (Wildman–Crippen LogP) is 2.16. The molecule has 1 saturated heterocycles. The Labute approximate surface area is 97.8 Å². The number of likely N-dealkylation sites (tertiary alicyclic amines) is 1. The lowest BCUT2D eigenvalue weighted by Gasteiger charge is -2.26. The Kier molecular flexibility index (Phi) is 4.43. The van der Waals surface area contributed by atoms with Gasteiger partial charge in [-0.1, -0.05) is 6.42 Å². The maximum Gasteiger partial charge on any atom is 0.117 e. The molecule has 1 aromatic heterocycles. The fraction of sp³-hybridized carbons (Fsp3) is 0.692. The lowest BCUT2D eigenvalue weighted by Crippen LogP contribution is -2.35. The van der Waals surface area contributed by atoms with E-state index in [-0.39, 0.29) is 0 Å². The van der Waals surface area contributed by atoms with Crippen LogP contribution in [0.25, 0.3) is 0 Å². The van der Waals surface area contributed by atoms with Crippen molar-refractivity contribution in [3.8, 4) is 0 Å². The van der Waals surface area contributed by atoms with Crippen LogP contribution in [0.5, 0.6) is 0 Å². The van der Waals surface area contributed by atoms with Crippen molar-refractivity contribution in [1.29, 1.82) is 0 Å². The number of rotatable bonds is 5. The molecule has 0 unspecified atom stereocenters. The van der Waals surface area contributed by atoms with Gasteiger partial charge in [0.05, 0.1) is 6.54 Å². The topological polar surface area (TPSA) is 28.4 Å². The number of hydrogen-bond donors (Lipinski definition) is 1. The second kappa shape index (κ2) is 6.06. The minimum absolute atomic E-state index is 0.849.